The highest BCUT2D eigenvalue weighted by molar-refractivity contribution is 5.99. The van der Waals surface area contributed by atoms with Crippen molar-refractivity contribution in [3.8, 4) is 17.2 Å². The maximum absolute atomic E-state index is 12.4. The van der Waals surface area contributed by atoms with Gasteiger partial charge in [0.25, 0.3) is 5.91 Å². The van der Waals surface area contributed by atoms with Crippen LogP contribution >= 0.6 is 0 Å². The number of hydrogen-bond donors (Lipinski definition) is 3. The summed E-state index contributed by atoms with van der Waals surface area (Å²) in [5.41, 5.74) is 1.10. The predicted molar refractivity (Wildman–Crippen MR) is 102 cm³/mol. The molecule has 0 spiro atoms. The second kappa shape index (κ2) is 8.53. The number of aromatic hydroxyl groups is 1. The number of para-hydroxylation sites is 2. The monoisotopic (exact) mass is 362 g/mol. The van der Waals surface area contributed by atoms with Crippen LogP contribution in [0.2, 0.25) is 0 Å². The van der Waals surface area contributed by atoms with Crippen molar-refractivity contribution in [2.45, 2.75) is 6.54 Å². The Morgan fingerprint density at radius 1 is 0.963 bits per heavy atom. The largest absolute Gasteiger partial charge is 0.505 e. The summed E-state index contributed by atoms with van der Waals surface area (Å²) in [4.78, 5) is 22.9. The summed E-state index contributed by atoms with van der Waals surface area (Å²) in [6.45, 7) is 0.260. The van der Waals surface area contributed by atoms with E-state index in [1.165, 1.54) is 12.1 Å². The molecule has 3 aromatic rings. The third-order valence-corrected chi connectivity index (χ3v) is 3.83. The molecule has 0 saturated heterocycles. The number of phenols is 1. The molecule has 0 unspecified atom stereocenters. The van der Waals surface area contributed by atoms with E-state index >= 15 is 0 Å². The van der Waals surface area contributed by atoms with Gasteiger partial charge in [-0.3, -0.25) is 9.59 Å². The first-order valence-electron chi connectivity index (χ1n) is 8.29. The molecule has 136 valence electrons. The van der Waals surface area contributed by atoms with Crippen molar-refractivity contribution in [3.63, 3.8) is 0 Å². The second-order valence-corrected chi connectivity index (χ2v) is 5.71. The average Bonchev–Trinajstić information content (AvgIpc) is 2.69. The Kier molecular flexibility index (Phi) is 5.69. The van der Waals surface area contributed by atoms with Crippen LogP contribution in [0.3, 0.4) is 0 Å². The molecule has 0 radical (unpaired) electrons. The Bertz CT molecular complexity index is 942. The SMILES string of the molecule is O=CNc1cccc(C(=O)NCc2cccc(Oc3ccccc3)c2)c1O. The lowest BCUT2D eigenvalue weighted by atomic mass is 10.1. The van der Waals surface area contributed by atoms with Crippen molar-refractivity contribution in [2.75, 3.05) is 5.32 Å². The molecule has 0 heterocycles. The topological polar surface area (TPSA) is 87.7 Å². The number of ether oxygens (including phenoxy) is 1. The lowest BCUT2D eigenvalue weighted by Crippen LogP contribution is -2.23. The Hall–Kier alpha value is -3.80. The molecule has 27 heavy (non-hydrogen) atoms. The van der Waals surface area contributed by atoms with Gasteiger partial charge >= 0.3 is 0 Å². The molecular formula is C21H18N2O4. The zero-order chi connectivity index (χ0) is 19.1. The Morgan fingerprint density at radius 3 is 2.48 bits per heavy atom. The molecule has 2 amide bonds. The summed E-state index contributed by atoms with van der Waals surface area (Å²) in [6.07, 6.45) is 0.439. The van der Waals surface area contributed by atoms with Crippen LogP contribution in [0.15, 0.2) is 72.8 Å². The number of amides is 2. The summed E-state index contributed by atoms with van der Waals surface area (Å²) < 4.78 is 5.78. The number of nitrogens with one attached hydrogen (secondary N) is 2. The summed E-state index contributed by atoms with van der Waals surface area (Å²) in [7, 11) is 0. The quantitative estimate of drug-likeness (QED) is 0.442. The van der Waals surface area contributed by atoms with E-state index in [4.69, 9.17) is 4.74 Å². The van der Waals surface area contributed by atoms with Crippen molar-refractivity contribution in [3.05, 3.63) is 83.9 Å². The third-order valence-electron chi connectivity index (χ3n) is 3.83. The minimum absolute atomic E-state index is 0.0820. The van der Waals surface area contributed by atoms with Gasteiger partial charge in [-0.15, -0.1) is 0 Å². The number of carbonyl (C=O) groups excluding carboxylic acids is 2. The number of hydrogen-bond acceptors (Lipinski definition) is 4. The lowest BCUT2D eigenvalue weighted by Gasteiger charge is -2.11. The average molecular weight is 362 g/mol. The van der Waals surface area contributed by atoms with Gasteiger partial charge in [0.1, 0.15) is 11.5 Å². The van der Waals surface area contributed by atoms with Crippen molar-refractivity contribution in [1.29, 1.82) is 0 Å². The van der Waals surface area contributed by atoms with Crippen LogP contribution in [0.1, 0.15) is 15.9 Å². The van der Waals surface area contributed by atoms with Gasteiger partial charge in [-0.25, -0.2) is 0 Å². The van der Waals surface area contributed by atoms with Gasteiger partial charge in [-0.1, -0.05) is 36.4 Å². The van der Waals surface area contributed by atoms with Crippen LogP contribution in [0.5, 0.6) is 17.2 Å². The first-order chi connectivity index (χ1) is 13.2. The molecule has 0 bridgehead atoms. The van der Waals surface area contributed by atoms with E-state index < -0.39 is 5.91 Å². The van der Waals surface area contributed by atoms with Gasteiger partial charge < -0.3 is 20.5 Å². The van der Waals surface area contributed by atoms with E-state index in [9.17, 15) is 14.7 Å². The van der Waals surface area contributed by atoms with Gasteiger partial charge in [0.15, 0.2) is 5.75 Å². The molecule has 0 aliphatic carbocycles. The van der Waals surface area contributed by atoms with Crippen molar-refractivity contribution < 1.29 is 19.4 Å². The lowest BCUT2D eigenvalue weighted by molar-refractivity contribution is -0.105. The van der Waals surface area contributed by atoms with Crippen LogP contribution in [-0.4, -0.2) is 17.4 Å². The molecule has 0 aromatic heterocycles. The molecule has 3 N–H and O–H groups in total. The minimum atomic E-state index is -0.448. The number of anilines is 1. The third kappa shape index (κ3) is 4.64. The van der Waals surface area contributed by atoms with Crippen molar-refractivity contribution >= 4 is 18.0 Å². The molecule has 6 nitrogen and oxygen atoms in total. The van der Waals surface area contributed by atoms with Crippen LogP contribution < -0.4 is 15.4 Å². The van der Waals surface area contributed by atoms with Gasteiger partial charge in [-0.05, 0) is 42.0 Å². The number of benzene rings is 3. The molecule has 0 saturated carbocycles. The summed E-state index contributed by atoms with van der Waals surface area (Å²) in [6, 6.07) is 21.3. The highest BCUT2D eigenvalue weighted by Gasteiger charge is 2.14. The minimum Gasteiger partial charge on any atom is -0.505 e. The van der Waals surface area contributed by atoms with Crippen molar-refractivity contribution in [1.82, 2.24) is 5.32 Å². The molecule has 3 rings (SSSR count). The highest BCUT2D eigenvalue weighted by atomic mass is 16.5. The van der Waals surface area contributed by atoms with Crippen molar-refractivity contribution in [2.24, 2.45) is 0 Å². The van der Waals surface area contributed by atoms with Gasteiger partial charge in [0, 0.05) is 6.54 Å². The van der Waals surface area contributed by atoms with Crippen LogP contribution in [0.25, 0.3) is 0 Å². The Labute approximate surface area is 156 Å². The predicted octanol–water partition coefficient (Wildman–Crippen LogP) is 3.68. The van der Waals surface area contributed by atoms with Gasteiger partial charge in [0.05, 0.1) is 11.3 Å². The van der Waals surface area contributed by atoms with Crippen LogP contribution in [-0.2, 0) is 11.3 Å². The fourth-order valence-corrected chi connectivity index (χ4v) is 2.53. The molecule has 0 fully saturated rings. The fourth-order valence-electron chi connectivity index (χ4n) is 2.53. The molecule has 0 aliphatic heterocycles. The fraction of sp³-hybridized carbons (Fsp3) is 0.0476. The Morgan fingerprint density at radius 2 is 1.70 bits per heavy atom. The normalized spacial score (nSPS) is 10.1. The van der Waals surface area contributed by atoms with Gasteiger partial charge in [-0.2, -0.15) is 0 Å². The standard InChI is InChI=1S/C21H18N2O4/c24-14-23-19-11-5-10-18(20(19)25)21(26)22-13-15-6-4-9-17(12-15)27-16-7-2-1-3-8-16/h1-12,14,25H,13H2,(H,22,26)(H,23,24). The van der Waals surface area contributed by atoms with E-state index in [1.54, 1.807) is 6.07 Å². The number of carbonyl (C=O) groups is 2. The molecule has 0 aliphatic rings. The van der Waals surface area contributed by atoms with Crippen LogP contribution in [0.4, 0.5) is 5.69 Å². The summed E-state index contributed by atoms with van der Waals surface area (Å²) in [5, 5.41) is 15.2. The van der Waals surface area contributed by atoms with Gasteiger partial charge in [0.2, 0.25) is 6.41 Å². The maximum atomic E-state index is 12.4. The molecule has 3 aromatic carbocycles. The number of phenolic OH excluding ortho intramolecular Hbond substituents is 1. The molecule has 0 atom stereocenters. The summed E-state index contributed by atoms with van der Waals surface area (Å²) in [5.74, 6) is 0.663. The molecule has 6 heteroatoms. The zero-order valence-corrected chi connectivity index (χ0v) is 14.4. The smallest absolute Gasteiger partial charge is 0.255 e. The Balaban J connectivity index is 1.66. The zero-order valence-electron chi connectivity index (χ0n) is 14.4. The maximum Gasteiger partial charge on any atom is 0.255 e. The molecular weight excluding hydrogens is 344 g/mol. The first kappa shape index (κ1) is 18.0. The first-order valence-corrected chi connectivity index (χ1v) is 8.29. The van der Waals surface area contributed by atoms with E-state index in [1.807, 2.05) is 54.6 Å². The number of rotatable bonds is 7. The van der Waals surface area contributed by atoms with E-state index in [0.717, 1.165) is 11.3 Å². The van der Waals surface area contributed by atoms with E-state index in [-0.39, 0.29) is 23.5 Å². The van der Waals surface area contributed by atoms with E-state index in [0.29, 0.717) is 12.2 Å². The summed E-state index contributed by atoms with van der Waals surface area (Å²) >= 11 is 0. The highest BCUT2D eigenvalue weighted by Crippen LogP contribution is 2.27. The second-order valence-electron chi connectivity index (χ2n) is 5.71. The van der Waals surface area contributed by atoms with Crippen LogP contribution in [0, 0.1) is 0 Å². The van der Waals surface area contributed by atoms with E-state index in [2.05, 4.69) is 10.6 Å².